The Morgan fingerprint density at radius 3 is 2.24 bits per heavy atom. The van der Waals surface area contributed by atoms with E-state index in [0.717, 1.165) is 67.0 Å². The van der Waals surface area contributed by atoms with Crippen LogP contribution in [-0.2, 0) is 35.0 Å². The Balaban J connectivity index is 0.998. The number of hydrogen-bond acceptors (Lipinski definition) is 9. The summed E-state index contributed by atoms with van der Waals surface area (Å²) in [5, 5.41) is 6.12. The van der Waals surface area contributed by atoms with Crippen LogP contribution in [-0.4, -0.2) is 76.5 Å². The highest BCUT2D eigenvalue weighted by Crippen LogP contribution is 2.38. The van der Waals surface area contributed by atoms with Crippen molar-refractivity contribution in [3.63, 3.8) is 0 Å². The number of nitrogens with one attached hydrogen (secondary N) is 2. The van der Waals surface area contributed by atoms with Crippen LogP contribution in [0.4, 0.5) is 0 Å². The number of benzene rings is 1. The predicted molar refractivity (Wildman–Crippen MR) is 209 cm³/mol. The number of carbonyl (C=O) groups excluding carboxylic acids is 4. The van der Waals surface area contributed by atoms with Crippen LogP contribution < -0.4 is 31.2 Å². The first-order valence-electron chi connectivity index (χ1n) is 18.9. The van der Waals surface area contributed by atoms with Gasteiger partial charge in [-0.25, -0.2) is 0 Å². The van der Waals surface area contributed by atoms with E-state index < -0.39 is 11.9 Å². The first-order chi connectivity index (χ1) is 26.4. The molecule has 1 aromatic carbocycles. The number of rotatable bonds is 19. The summed E-state index contributed by atoms with van der Waals surface area (Å²) < 4.78 is 16.2. The van der Waals surface area contributed by atoms with Crippen LogP contribution in [0.25, 0.3) is 22.0 Å². The lowest BCUT2D eigenvalue weighted by molar-refractivity contribution is -0.135. The monoisotopic (exact) mass is 756 g/mol. The molecule has 14 nitrogen and oxygen atoms in total. The lowest BCUT2D eigenvalue weighted by Gasteiger charge is -2.23. The fraction of sp³-hybridized carbons (Fsp3) is 0.463. The highest BCUT2D eigenvalue weighted by molar-refractivity contribution is 6.00. The number of piperidine rings is 1. The first kappa shape index (κ1) is 40.7. The number of ketones is 1. The van der Waals surface area contributed by atoms with Crippen LogP contribution in [0.3, 0.4) is 0 Å². The number of imide groups is 1. The van der Waals surface area contributed by atoms with Crippen LogP contribution in [0.2, 0.25) is 0 Å². The van der Waals surface area contributed by atoms with Crippen LogP contribution in [0, 0.1) is 0 Å². The molecule has 0 bridgehead atoms. The van der Waals surface area contributed by atoms with Crippen molar-refractivity contribution in [3.8, 4) is 22.6 Å². The standard InChI is InChI=1S/C41H52N6O8/c1-44(24-31-34(54-4)21-28(22-35(31)55-5)30-25-46(3)41(53)39-29(30)18-20-45(39)2)26-37(50)42-19-12-10-8-6-7-9-11-13-33(48)27-14-17-38(51)47(23-27)32-15-16-36(49)43-40(32)52/h14,17-18,20-23,25,32H,6-13,15-16,19,24,26H2,1-5H3,(H,42,50)(H,43,49,52). The molecule has 1 aliphatic heterocycles. The van der Waals surface area contributed by atoms with Gasteiger partial charge >= 0.3 is 0 Å². The zero-order valence-electron chi connectivity index (χ0n) is 32.4. The van der Waals surface area contributed by atoms with Crippen molar-refractivity contribution in [2.75, 3.05) is 34.4 Å². The molecular formula is C41H52N6O8. The number of Topliss-reactive ketones (excluding diaryl/α,β-unsaturated/α-hetero) is 1. The number of likely N-dealkylation sites (N-methyl/N-ethyl adjacent to an activating group) is 1. The average molecular weight is 757 g/mol. The van der Waals surface area contributed by atoms with Crippen LogP contribution in [0.15, 0.2) is 58.5 Å². The number of nitrogens with zero attached hydrogens (tertiary/aromatic N) is 4. The van der Waals surface area contributed by atoms with Crippen molar-refractivity contribution in [2.24, 2.45) is 14.1 Å². The van der Waals surface area contributed by atoms with Crippen LogP contribution in [0.5, 0.6) is 11.5 Å². The van der Waals surface area contributed by atoms with Crippen molar-refractivity contribution in [1.82, 2.24) is 29.2 Å². The van der Waals surface area contributed by atoms with Gasteiger partial charge in [-0.3, -0.25) is 39.0 Å². The maximum atomic E-state index is 12.8. The molecule has 1 unspecified atom stereocenters. The minimum Gasteiger partial charge on any atom is -0.496 e. The molecule has 1 fully saturated rings. The Labute approximate surface area is 320 Å². The van der Waals surface area contributed by atoms with Crippen molar-refractivity contribution >= 4 is 34.4 Å². The molecule has 1 atom stereocenters. The molecule has 1 saturated heterocycles. The number of hydrogen-bond donors (Lipinski definition) is 2. The van der Waals surface area contributed by atoms with E-state index in [1.807, 2.05) is 54.2 Å². The number of pyridine rings is 2. The molecule has 3 amide bonds. The van der Waals surface area contributed by atoms with E-state index in [1.54, 1.807) is 25.8 Å². The van der Waals surface area contributed by atoms with Crippen molar-refractivity contribution in [1.29, 1.82) is 0 Å². The molecule has 4 aromatic rings. The van der Waals surface area contributed by atoms with Gasteiger partial charge in [-0.1, -0.05) is 32.1 Å². The molecular weight excluding hydrogens is 704 g/mol. The van der Waals surface area contributed by atoms with Gasteiger partial charge in [0.25, 0.3) is 11.1 Å². The largest absolute Gasteiger partial charge is 0.496 e. The number of unbranched alkanes of at least 4 members (excludes halogenated alkanes) is 6. The Morgan fingerprint density at radius 1 is 0.891 bits per heavy atom. The lowest BCUT2D eigenvalue weighted by Crippen LogP contribution is -2.44. The van der Waals surface area contributed by atoms with Gasteiger partial charge in [0.05, 0.1) is 26.3 Å². The maximum absolute atomic E-state index is 12.8. The van der Waals surface area contributed by atoms with Gasteiger partial charge in [0.2, 0.25) is 17.7 Å². The lowest BCUT2D eigenvalue weighted by atomic mass is 10.00. The van der Waals surface area contributed by atoms with Crippen molar-refractivity contribution < 1.29 is 28.7 Å². The molecule has 5 rings (SSSR count). The second kappa shape index (κ2) is 18.7. The van der Waals surface area contributed by atoms with E-state index in [4.69, 9.17) is 9.47 Å². The molecule has 0 radical (unpaired) electrons. The molecule has 0 aliphatic carbocycles. The van der Waals surface area contributed by atoms with Gasteiger partial charge < -0.3 is 28.5 Å². The number of aromatic nitrogens is 3. The third-order valence-corrected chi connectivity index (χ3v) is 10.2. The average Bonchev–Trinajstić information content (AvgIpc) is 3.55. The number of ether oxygens (including phenoxy) is 2. The molecule has 55 heavy (non-hydrogen) atoms. The molecule has 0 spiro atoms. The molecule has 1 aliphatic rings. The summed E-state index contributed by atoms with van der Waals surface area (Å²) in [6.07, 6.45) is 12.4. The first-order valence-corrected chi connectivity index (χ1v) is 18.9. The summed E-state index contributed by atoms with van der Waals surface area (Å²) in [5.74, 6) is 0.227. The van der Waals surface area contributed by atoms with E-state index in [9.17, 15) is 28.8 Å². The zero-order chi connectivity index (χ0) is 39.6. The second-order valence-electron chi connectivity index (χ2n) is 14.3. The Bertz CT molecular complexity index is 2140. The number of carbonyl (C=O) groups is 4. The Hall–Kier alpha value is -5.50. The molecule has 14 heteroatoms. The number of fused-ring (bicyclic) bond motifs is 1. The molecule has 2 N–H and O–H groups in total. The van der Waals surface area contributed by atoms with Gasteiger partial charge in [-0.05, 0) is 56.1 Å². The van der Waals surface area contributed by atoms with Gasteiger partial charge in [0.15, 0.2) is 5.78 Å². The van der Waals surface area contributed by atoms with E-state index in [0.29, 0.717) is 42.1 Å². The highest BCUT2D eigenvalue weighted by atomic mass is 16.5. The Morgan fingerprint density at radius 2 is 1.56 bits per heavy atom. The topological polar surface area (TPSA) is 163 Å². The molecule has 4 heterocycles. The van der Waals surface area contributed by atoms with Crippen LogP contribution >= 0.6 is 0 Å². The van der Waals surface area contributed by atoms with E-state index in [-0.39, 0.29) is 48.1 Å². The molecule has 0 saturated carbocycles. The summed E-state index contributed by atoms with van der Waals surface area (Å²) >= 11 is 0. The minimum atomic E-state index is -0.792. The quantitative estimate of drug-likeness (QED) is 0.0810. The number of methoxy groups -OCH3 is 2. The minimum absolute atomic E-state index is 0.0640. The van der Waals surface area contributed by atoms with Gasteiger partial charge in [-0.2, -0.15) is 0 Å². The molecule has 3 aromatic heterocycles. The third kappa shape index (κ3) is 9.98. The fourth-order valence-electron chi connectivity index (χ4n) is 7.18. The Kier molecular flexibility index (Phi) is 13.8. The highest BCUT2D eigenvalue weighted by Gasteiger charge is 2.29. The normalized spacial score (nSPS) is 14.3. The smallest absolute Gasteiger partial charge is 0.274 e. The zero-order valence-corrected chi connectivity index (χ0v) is 32.4. The van der Waals surface area contributed by atoms with Crippen molar-refractivity contribution in [3.05, 3.63) is 80.8 Å². The fourth-order valence-corrected chi connectivity index (χ4v) is 7.18. The SMILES string of the molecule is COc1cc(-c2cn(C)c(=O)c3c2ccn3C)cc(OC)c1CN(C)CC(=O)NCCCCCCCCCC(=O)c1ccc(=O)n(C2CCC(=O)NC2=O)c1. The third-order valence-electron chi connectivity index (χ3n) is 10.2. The summed E-state index contributed by atoms with van der Waals surface area (Å²) in [7, 11) is 8.68. The van der Waals surface area contributed by atoms with Crippen molar-refractivity contribution in [2.45, 2.75) is 76.8 Å². The predicted octanol–water partition coefficient (Wildman–Crippen LogP) is 4.25. The maximum Gasteiger partial charge on any atom is 0.274 e. The summed E-state index contributed by atoms with van der Waals surface area (Å²) in [4.78, 5) is 76.3. The molecule has 294 valence electrons. The number of amides is 3. The summed E-state index contributed by atoms with van der Waals surface area (Å²) in [6.45, 7) is 1.22. The van der Waals surface area contributed by atoms with Gasteiger partial charge in [-0.15, -0.1) is 0 Å². The second-order valence-corrected chi connectivity index (χ2v) is 14.3. The van der Waals surface area contributed by atoms with E-state index in [1.165, 1.54) is 22.9 Å². The van der Waals surface area contributed by atoms with Crippen LogP contribution in [0.1, 0.15) is 86.2 Å². The van der Waals surface area contributed by atoms with Gasteiger partial charge in [0, 0.05) is 81.2 Å². The van der Waals surface area contributed by atoms with Gasteiger partial charge in [0.1, 0.15) is 23.1 Å². The van der Waals surface area contributed by atoms with E-state index in [2.05, 4.69) is 10.6 Å². The van der Waals surface area contributed by atoms with E-state index >= 15 is 0 Å². The number of aryl methyl sites for hydroxylation is 2. The summed E-state index contributed by atoms with van der Waals surface area (Å²) in [5.41, 5.74) is 3.11. The summed E-state index contributed by atoms with van der Waals surface area (Å²) in [6, 6.07) is 7.82.